The molecule has 0 fully saturated rings. The van der Waals surface area contributed by atoms with E-state index in [9.17, 15) is 4.79 Å². The SMILES string of the molecule is COc1cccc(CN(C)C(=O)c2sccc2N)c1. The van der Waals surface area contributed by atoms with Crippen molar-refractivity contribution >= 4 is 22.9 Å². The molecule has 0 bridgehead atoms. The quantitative estimate of drug-likeness (QED) is 0.934. The molecule has 0 unspecified atom stereocenters. The molecule has 0 saturated heterocycles. The van der Waals surface area contributed by atoms with Crippen LogP contribution in [-0.4, -0.2) is 25.0 Å². The number of ether oxygens (including phenoxy) is 1. The Morgan fingerprint density at radius 2 is 2.21 bits per heavy atom. The zero-order valence-corrected chi connectivity index (χ0v) is 11.7. The number of rotatable bonds is 4. The van der Waals surface area contributed by atoms with Gasteiger partial charge >= 0.3 is 0 Å². The van der Waals surface area contributed by atoms with Crippen molar-refractivity contribution < 1.29 is 9.53 Å². The Morgan fingerprint density at radius 3 is 2.84 bits per heavy atom. The third kappa shape index (κ3) is 3.06. The Morgan fingerprint density at radius 1 is 1.42 bits per heavy atom. The maximum absolute atomic E-state index is 12.2. The molecule has 0 aliphatic rings. The molecule has 0 spiro atoms. The van der Waals surface area contributed by atoms with Crippen LogP contribution in [0, 0.1) is 0 Å². The van der Waals surface area contributed by atoms with Crippen molar-refractivity contribution in [2.24, 2.45) is 0 Å². The Kier molecular flexibility index (Phi) is 4.06. The van der Waals surface area contributed by atoms with Crippen LogP contribution in [0.1, 0.15) is 15.2 Å². The van der Waals surface area contributed by atoms with Crippen LogP contribution in [-0.2, 0) is 6.54 Å². The van der Waals surface area contributed by atoms with Gasteiger partial charge in [0.2, 0.25) is 0 Å². The van der Waals surface area contributed by atoms with E-state index in [1.165, 1.54) is 11.3 Å². The molecule has 2 rings (SSSR count). The molecule has 0 radical (unpaired) electrons. The molecule has 5 heteroatoms. The molecule has 1 aromatic carbocycles. The smallest absolute Gasteiger partial charge is 0.266 e. The molecule has 0 aliphatic heterocycles. The highest BCUT2D eigenvalue weighted by molar-refractivity contribution is 7.12. The van der Waals surface area contributed by atoms with Crippen molar-refractivity contribution in [2.45, 2.75) is 6.54 Å². The summed E-state index contributed by atoms with van der Waals surface area (Å²) in [6.45, 7) is 0.521. The highest BCUT2D eigenvalue weighted by Gasteiger charge is 2.16. The predicted octanol–water partition coefficient (Wildman–Crippen LogP) is 2.61. The van der Waals surface area contributed by atoms with E-state index in [-0.39, 0.29) is 5.91 Å². The summed E-state index contributed by atoms with van der Waals surface area (Å²) in [6, 6.07) is 9.41. The van der Waals surface area contributed by atoms with Crippen molar-refractivity contribution in [1.29, 1.82) is 0 Å². The summed E-state index contributed by atoms with van der Waals surface area (Å²) in [4.78, 5) is 14.4. The van der Waals surface area contributed by atoms with Gasteiger partial charge in [0.15, 0.2) is 0 Å². The van der Waals surface area contributed by atoms with Crippen LogP contribution < -0.4 is 10.5 Å². The van der Waals surface area contributed by atoms with Crippen LogP contribution in [0.15, 0.2) is 35.7 Å². The molecule has 1 amide bonds. The van der Waals surface area contributed by atoms with Crippen LogP contribution in [0.3, 0.4) is 0 Å². The zero-order chi connectivity index (χ0) is 13.8. The molecule has 1 aromatic heterocycles. The van der Waals surface area contributed by atoms with E-state index in [4.69, 9.17) is 10.5 Å². The molecular weight excluding hydrogens is 260 g/mol. The fourth-order valence-corrected chi connectivity index (χ4v) is 2.59. The van der Waals surface area contributed by atoms with Crippen LogP contribution in [0.2, 0.25) is 0 Å². The second kappa shape index (κ2) is 5.75. The van der Waals surface area contributed by atoms with Gasteiger partial charge in [-0.25, -0.2) is 0 Å². The fourth-order valence-electron chi connectivity index (χ4n) is 1.78. The fraction of sp³-hybridized carbons (Fsp3) is 0.214. The molecule has 0 saturated carbocycles. The predicted molar refractivity (Wildman–Crippen MR) is 77.5 cm³/mol. The van der Waals surface area contributed by atoms with Gasteiger partial charge in [-0.05, 0) is 29.1 Å². The van der Waals surface area contributed by atoms with Gasteiger partial charge in [-0.1, -0.05) is 12.1 Å². The molecule has 0 aliphatic carbocycles. The van der Waals surface area contributed by atoms with Gasteiger partial charge in [0.25, 0.3) is 5.91 Å². The van der Waals surface area contributed by atoms with Crippen molar-refractivity contribution in [3.8, 4) is 5.75 Å². The summed E-state index contributed by atoms with van der Waals surface area (Å²) in [5.41, 5.74) is 7.31. The van der Waals surface area contributed by atoms with Gasteiger partial charge in [0.1, 0.15) is 10.6 Å². The average molecular weight is 276 g/mol. The topological polar surface area (TPSA) is 55.6 Å². The Labute approximate surface area is 116 Å². The van der Waals surface area contributed by atoms with E-state index in [1.807, 2.05) is 29.6 Å². The second-order valence-electron chi connectivity index (χ2n) is 4.22. The van der Waals surface area contributed by atoms with Crippen molar-refractivity contribution in [1.82, 2.24) is 4.90 Å². The zero-order valence-electron chi connectivity index (χ0n) is 10.9. The molecule has 100 valence electrons. The summed E-state index contributed by atoms with van der Waals surface area (Å²) in [5, 5.41) is 1.82. The normalized spacial score (nSPS) is 10.2. The molecule has 1 heterocycles. The molecule has 2 aromatic rings. The van der Waals surface area contributed by atoms with Crippen molar-refractivity contribution in [3.05, 3.63) is 46.2 Å². The first kappa shape index (κ1) is 13.4. The van der Waals surface area contributed by atoms with Crippen LogP contribution in [0.5, 0.6) is 5.75 Å². The Hall–Kier alpha value is -2.01. The van der Waals surface area contributed by atoms with Crippen molar-refractivity contribution in [2.75, 3.05) is 19.9 Å². The average Bonchev–Trinajstić information content (AvgIpc) is 2.84. The first-order chi connectivity index (χ1) is 9.11. The van der Waals surface area contributed by atoms with Gasteiger partial charge in [-0.2, -0.15) is 0 Å². The number of methoxy groups -OCH3 is 1. The van der Waals surface area contributed by atoms with Crippen LogP contribution >= 0.6 is 11.3 Å². The van der Waals surface area contributed by atoms with Gasteiger partial charge in [0, 0.05) is 13.6 Å². The number of nitrogens with two attached hydrogens (primary N) is 1. The summed E-state index contributed by atoms with van der Waals surface area (Å²) >= 11 is 1.36. The van der Waals surface area contributed by atoms with Crippen molar-refractivity contribution in [3.63, 3.8) is 0 Å². The number of nitrogens with zero attached hydrogens (tertiary/aromatic N) is 1. The lowest BCUT2D eigenvalue weighted by atomic mass is 10.2. The molecule has 2 N–H and O–H groups in total. The number of anilines is 1. The number of thiophene rings is 1. The standard InChI is InChI=1S/C14H16N2O2S/c1-16(14(17)13-12(15)6-7-19-13)9-10-4-3-5-11(8-10)18-2/h3-8H,9,15H2,1-2H3. The highest BCUT2D eigenvalue weighted by atomic mass is 32.1. The van der Waals surface area contributed by atoms with Gasteiger partial charge in [-0.15, -0.1) is 11.3 Å². The monoisotopic (exact) mass is 276 g/mol. The first-order valence-corrected chi connectivity index (χ1v) is 6.71. The summed E-state index contributed by atoms with van der Waals surface area (Å²) in [5.74, 6) is 0.726. The molecular formula is C14H16N2O2S. The minimum Gasteiger partial charge on any atom is -0.497 e. The number of hydrogen-bond donors (Lipinski definition) is 1. The summed E-state index contributed by atoms with van der Waals surface area (Å²) in [7, 11) is 3.39. The van der Waals surface area contributed by atoms with Gasteiger partial charge in [-0.3, -0.25) is 4.79 Å². The number of hydrogen-bond acceptors (Lipinski definition) is 4. The number of carbonyl (C=O) groups is 1. The third-order valence-electron chi connectivity index (χ3n) is 2.79. The minimum atomic E-state index is -0.0599. The van der Waals surface area contributed by atoms with Crippen LogP contribution in [0.25, 0.3) is 0 Å². The lowest BCUT2D eigenvalue weighted by Gasteiger charge is -2.17. The lowest BCUT2D eigenvalue weighted by Crippen LogP contribution is -2.26. The minimum absolute atomic E-state index is 0.0599. The van der Waals surface area contributed by atoms with E-state index in [2.05, 4.69) is 0 Å². The van der Waals surface area contributed by atoms with Crippen LogP contribution in [0.4, 0.5) is 5.69 Å². The van der Waals surface area contributed by atoms with E-state index in [1.54, 1.807) is 25.1 Å². The highest BCUT2D eigenvalue weighted by Crippen LogP contribution is 2.21. The summed E-state index contributed by atoms with van der Waals surface area (Å²) in [6.07, 6.45) is 0. The Bertz CT molecular complexity index is 580. The summed E-state index contributed by atoms with van der Waals surface area (Å²) < 4.78 is 5.17. The second-order valence-corrected chi connectivity index (χ2v) is 5.13. The largest absolute Gasteiger partial charge is 0.497 e. The van der Waals surface area contributed by atoms with Gasteiger partial charge in [0.05, 0.1) is 12.8 Å². The maximum Gasteiger partial charge on any atom is 0.266 e. The number of carbonyl (C=O) groups excluding carboxylic acids is 1. The van der Waals surface area contributed by atoms with E-state index in [0.717, 1.165) is 11.3 Å². The number of benzene rings is 1. The van der Waals surface area contributed by atoms with E-state index in [0.29, 0.717) is 17.1 Å². The Balaban J connectivity index is 2.10. The molecule has 19 heavy (non-hydrogen) atoms. The number of nitrogen functional groups attached to an aromatic ring is 1. The first-order valence-electron chi connectivity index (χ1n) is 5.83. The lowest BCUT2D eigenvalue weighted by molar-refractivity contribution is 0.0790. The van der Waals surface area contributed by atoms with Gasteiger partial charge < -0.3 is 15.4 Å². The third-order valence-corrected chi connectivity index (χ3v) is 3.71. The van der Waals surface area contributed by atoms with E-state index >= 15 is 0 Å². The molecule has 0 atom stereocenters. The maximum atomic E-state index is 12.2. The van der Waals surface area contributed by atoms with E-state index < -0.39 is 0 Å². The number of amides is 1. The molecule has 4 nitrogen and oxygen atoms in total.